The van der Waals surface area contributed by atoms with Crippen molar-refractivity contribution >= 4 is 23.8 Å². The first-order valence-electron chi connectivity index (χ1n) is 15.4. The van der Waals surface area contributed by atoms with E-state index in [-0.39, 0.29) is 37.0 Å². The first-order chi connectivity index (χ1) is 23.5. The summed E-state index contributed by atoms with van der Waals surface area (Å²) < 4.78 is 72.9. The Morgan fingerprint density at radius 3 is 2.39 bits per heavy atom. The van der Waals surface area contributed by atoms with E-state index in [9.17, 15) is 27.6 Å². The maximum atomic E-state index is 15.2. The van der Waals surface area contributed by atoms with Crippen LogP contribution in [-0.2, 0) is 25.4 Å². The molecule has 4 atom stereocenters. The molecule has 0 bridgehead atoms. The number of halogens is 4. The van der Waals surface area contributed by atoms with Gasteiger partial charge in [-0.05, 0) is 48.2 Å². The second-order valence-electron chi connectivity index (χ2n) is 11.2. The highest BCUT2D eigenvalue weighted by atomic mass is 19.4. The van der Waals surface area contributed by atoms with Crippen LogP contribution in [0.15, 0.2) is 72.8 Å². The number of hydrogen-bond donors (Lipinski definition) is 4. The summed E-state index contributed by atoms with van der Waals surface area (Å²) in [7, 11) is 2.71. The summed E-state index contributed by atoms with van der Waals surface area (Å²) in [4.78, 5) is 38.1. The topological polar surface area (TPSA) is 136 Å². The maximum Gasteiger partial charge on any atom is 0.407 e. The highest BCUT2D eigenvalue weighted by molar-refractivity contribution is 5.98. The SMILES string of the molecule is COC(=O)N[C@H](C(=O)Nc1cccc(F)c1CC[C@@H]1CN[C@H](COC(=O)NCC(F)(F)F)CO1)[C@H](c1ccccc1)c1cccc(OC)c1. The Hall–Kier alpha value is -4.89. The summed E-state index contributed by atoms with van der Waals surface area (Å²) in [6, 6.07) is 18.9. The largest absolute Gasteiger partial charge is 0.497 e. The first kappa shape index (κ1) is 36.9. The maximum absolute atomic E-state index is 15.2. The predicted molar refractivity (Wildman–Crippen MR) is 171 cm³/mol. The zero-order valence-corrected chi connectivity index (χ0v) is 26.8. The number of alkyl carbamates (subject to hydrolysis) is 2. The quantitative estimate of drug-likeness (QED) is 0.186. The molecule has 1 aliphatic rings. The van der Waals surface area contributed by atoms with Crippen molar-refractivity contribution in [2.75, 3.05) is 45.8 Å². The molecule has 1 fully saturated rings. The van der Waals surface area contributed by atoms with Crippen molar-refractivity contribution in [3.63, 3.8) is 0 Å². The van der Waals surface area contributed by atoms with Crippen molar-refractivity contribution in [1.29, 1.82) is 0 Å². The minimum absolute atomic E-state index is 0.101. The van der Waals surface area contributed by atoms with E-state index in [4.69, 9.17) is 18.9 Å². The van der Waals surface area contributed by atoms with Crippen molar-refractivity contribution in [3.8, 4) is 5.75 Å². The van der Waals surface area contributed by atoms with Crippen LogP contribution in [0.3, 0.4) is 0 Å². The summed E-state index contributed by atoms with van der Waals surface area (Å²) >= 11 is 0. The van der Waals surface area contributed by atoms with Crippen LogP contribution >= 0.6 is 0 Å². The average Bonchev–Trinajstić information content (AvgIpc) is 3.10. The Morgan fingerprint density at radius 1 is 0.980 bits per heavy atom. The van der Waals surface area contributed by atoms with E-state index in [0.29, 0.717) is 24.3 Å². The highest BCUT2D eigenvalue weighted by Gasteiger charge is 2.34. The minimum atomic E-state index is -4.55. The van der Waals surface area contributed by atoms with Gasteiger partial charge in [0.2, 0.25) is 5.91 Å². The van der Waals surface area contributed by atoms with Gasteiger partial charge in [0.15, 0.2) is 0 Å². The number of methoxy groups -OCH3 is 2. The number of morpholine rings is 1. The number of nitrogens with one attached hydrogen (secondary N) is 4. The van der Waals surface area contributed by atoms with E-state index in [1.165, 1.54) is 26.4 Å². The number of anilines is 1. The molecule has 3 aromatic rings. The van der Waals surface area contributed by atoms with Gasteiger partial charge in [0.25, 0.3) is 0 Å². The van der Waals surface area contributed by atoms with Crippen LogP contribution in [0.2, 0.25) is 0 Å². The summed E-state index contributed by atoms with van der Waals surface area (Å²) in [5, 5.41) is 10.2. The van der Waals surface area contributed by atoms with Gasteiger partial charge >= 0.3 is 18.4 Å². The molecule has 3 aromatic carbocycles. The van der Waals surface area contributed by atoms with E-state index >= 15 is 4.39 Å². The lowest BCUT2D eigenvalue weighted by Crippen LogP contribution is -2.49. The van der Waals surface area contributed by atoms with Crippen molar-refractivity contribution in [2.24, 2.45) is 0 Å². The second kappa shape index (κ2) is 17.5. The lowest BCUT2D eigenvalue weighted by atomic mass is 9.84. The monoisotopic (exact) mass is 690 g/mol. The first-order valence-corrected chi connectivity index (χ1v) is 15.4. The Balaban J connectivity index is 1.45. The highest BCUT2D eigenvalue weighted by Crippen LogP contribution is 2.32. The van der Waals surface area contributed by atoms with Crippen molar-refractivity contribution in [2.45, 2.75) is 43.1 Å². The number of amides is 3. The van der Waals surface area contributed by atoms with Crippen molar-refractivity contribution < 1.29 is 50.9 Å². The van der Waals surface area contributed by atoms with Gasteiger partial charge in [-0.25, -0.2) is 14.0 Å². The molecule has 11 nitrogen and oxygen atoms in total. The average molecular weight is 691 g/mol. The van der Waals surface area contributed by atoms with Crippen LogP contribution in [0.25, 0.3) is 0 Å². The van der Waals surface area contributed by atoms with E-state index < -0.39 is 54.6 Å². The zero-order valence-electron chi connectivity index (χ0n) is 26.8. The van der Waals surface area contributed by atoms with Crippen LogP contribution in [0.5, 0.6) is 5.75 Å². The van der Waals surface area contributed by atoms with Gasteiger partial charge in [-0.3, -0.25) is 4.79 Å². The lowest BCUT2D eigenvalue weighted by molar-refractivity contribution is -0.124. The molecular weight excluding hydrogens is 652 g/mol. The lowest BCUT2D eigenvalue weighted by Gasteiger charge is -2.30. The molecule has 0 saturated carbocycles. The normalized spacial score (nSPS) is 17.3. The molecule has 3 amide bonds. The van der Waals surface area contributed by atoms with Crippen molar-refractivity contribution in [1.82, 2.24) is 16.0 Å². The van der Waals surface area contributed by atoms with Crippen LogP contribution in [0.1, 0.15) is 29.0 Å². The van der Waals surface area contributed by atoms with Gasteiger partial charge in [-0.1, -0.05) is 48.5 Å². The second-order valence-corrected chi connectivity index (χ2v) is 11.2. The van der Waals surface area contributed by atoms with E-state index in [0.717, 1.165) is 5.56 Å². The Bertz CT molecular complexity index is 1550. The number of hydrogen-bond acceptors (Lipinski definition) is 8. The fraction of sp³-hybridized carbons (Fsp3) is 0.382. The molecule has 49 heavy (non-hydrogen) atoms. The zero-order chi connectivity index (χ0) is 35.4. The third kappa shape index (κ3) is 11.1. The van der Waals surface area contributed by atoms with Crippen LogP contribution in [0, 0.1) is 5.82 Å². The molecule has 0 aromatic heterocycles. The number of benzene rings is 3. The third-order valence-corrected chi connectivity index (χ3v) is 7.80. The molecule has 0 unspecified atom stereocenters. The van der Waals surface area contributed by atoms with Gasteiger partial charge < -0.3 is 40.2 Å². The summed E-state index contributed by atoms with van der Waals surface area (Å²) in [6.45, 7) is -1.30. The number of carbonyl (C=O) groups excluding carboxylic acids is 3. The number of carbonyl (C=O) groups is 3. The number of ether oxygens (including phenoxy) is 4. The molecule has 4 N–H and O–H groups in total. The molecule has 4 rings (SSSR count). The van der Waals surface area contributed by atoms with Gasteiger partial charge in [0, 0.05) is 23.7 Å². The van der Waals surface area contributed by atoms with E-state index in [2.05, 4.69) is 16.0 Å². The molecule has 15 heteroatoms. The van der Waals surface area contributed by atoms with Crippen LogP contribution in [-0.4, -0.2) is 83.0 Å². The summed E-state index contributed by atoms with van der Waals surface area (Å²) in [5.41, 5.74) is 1.83. The number of alkyl halides is 3. The van der Waals surface area contributed by atoms with Gasteiger partial charge in [0.1, 0.15) is 30.8 Å². The fourth-order valence-electron chi connectivity index (χ4n) is 5.36. The van der Waals surface area contributed by atoms with Gasteiger partial charge in [-0.15, -0.1) is 0 Å². The molecule has 0 spiro atoms. The molecule has 1 aliphatic heterocycles. The van der Waals surface area contributed by atoms with Gasteiger partial charge in [0.05, 0.1) is 33.0 Å². The summed E-state index contributed by atoms with van der Waals surface area (Å²) in [6.07, 6.45) is -6.45. The Kier molecular flexibility index (Phi) is 13.2. The van der Waals surface area contributed by atoms with Crippen LogP contribution in [0.4, 0.5) is 32.8 Å². The minimum Gasteiger partial charge on any atom is -0.497 e. The van der Waals surface area contributed by atoms with E-state index in [1.807, 2.05) is 36.4 Å². The Morgan fingerprint density at radius 2 is 1.71 bits per heavy atom. The number of rotatable bonds is 13. The van der Waals surface area contributed by atoms with Crippen molar-refractivity contribution in [3.05, 3.63) is 95.3 Å². The summed E-state index contributed by atoms with van der Waals surface area (Å²) in [5.74, 6) is -1.32. The fourth-order valence-corrected chi connectivity index (χ4v) is 5.36. The molecule has 1 heterocycles. The molecule has 0 radical (unpaired) electrons. The predicted octanol–water partition coefficient (Wildman–Crippen LogP) is 4.91. The molecule has 0 aliphatic carbocycles. The standard InChI is InChI=1S/C34H38F4N4O7/c1-46-24-11-6-10-22(16-24)29(21-8-4-3-5-9-21)30(42-33(45)47-2)31(43)41-28-13-7-12-27(35)26(28)15-14-25-17-39-23(18-48-25)19-49-32(44)40-20-34(36,37)38/h3-13,16,23,25,29-30,39H,14-15,17-20H2,1-2H3,(H,40,44)(H,41,43)(H,42,45)/t23-,25+,29+,30-/m0/s1. The Labute approximate surface area is 280 Å². The molecular formula is C34H38F4N4O7. The smallest absolute Gasteiger partial charge is 0.407 e. The molecule has 264 valence electrons. The van der Waals surface area contributed by atoms with Gasteiger partial charge in [-0.2, -0.15) is 13.2 Å². The van der Waals surface area contributed by atoms with E-state index in [1.54, 1.807) is 29.6 Å². The third-order valence-electron chi connectivity index (χ3n) is 7.80. The van der Waals surface area contributed by atoms with Crippen LogP contribution < -0.4 is 26.0 Å². The molecule has 1 saturated heterocycles.